The van der Waals surface area contributed by atoms with Crippen LogP contribution >= 0.6 is 0 Å². The fourth-order valence-electron chi connectivity index (χ4n) is 4.41. The number of sulfonamides is 1. The molecule has 13 heteroatoms. The van der Waals surface area contributed by atoms with Gasteiger partial charge in [0.1, 0.15) is 29.0 Å². The van der Waals surface area contributed by atoms with E-state index in [1.807, 2.05) is 4.72 Å². The zero-order chi connectivity index (χ0) is 26.0. The third-order valence-electron chi connectivity index (χ3n) is 6.64. The third kappa shape index (κ3) is 4.47. The Balaban J connectivity index is 1.70. The van der Waals surface area contributed by atoms with Gasteiger partial charge in [-0.2, -0.15) is 13.2 Å². The lowest BCUT2D eigenvalue weighted by Gasteiger charge is -2.27. The molecule has 0 unspecified atom stereocenters. The van der Waals surface area contributed by atoms with Crippen molar-refractivity contribution in [1.82, 2.24) is 14.3 Å². The van der Waals surface area contributed by atoms with E-state index in [0.717, 1.165) is 24.6 Å². The summed E-state index contributed by atoms with van der Waals surface area (Å²) in [5.41, 5.74) is -3.12. The molecule has 0 radical (unpaired) electrons. The van der Waals surface area contributed by atoms with Gasteiger partial charge in [0.2, 0.25) is 10.0 Å². The Bertz CT molecular complexity index is 1430. The van der Waals surface area contributed by atoms with Crippen LogP contribution in [-0.2, 0) is 16.2 Å². The number of hydrogen-bond donors (Lipinski definition) is 1. The molecule has 1 N–H and O–H groups in total. The molecule has 1 atom stereocenters. The first-order chi connectivity index (χ1) is 16.9. The maximum Gasteiger partial charge on any atom is 0.417 e. The summed E-state index contributed by atoms with van der Waals surface area (Å²) in [4.78, 5) is 4.10. The summed E-state index contributed by atoms with van der Waals surface area (Å²) in [5.74, 6) is -2.42. The van der Waals surface area contributed by atoms with Gasteiger partial charge in [-0.1, -0.05) is 0 Å². The molecule has 0 bridgehead atoms. The minimum atomic E-state index is -5.01. The number of rotatable bonds is 7. The van der Waals surface area contributed by atoms with Crippen LogP contribution in [0, 0.1) is 11.6 Å². The van der Waals surface area contributed by atoms with Crippen molar-refractivity contribution in [3.05, 3.63) is 53.2 Å². The number of nitrogens with one attached hydrogen (secondary N) is 1. The van der Waals surface area contributed by atoms with E-state index in [4.69, 9.17) is 0 Å². The van der Waals surface area contributed by atoms with Crippen molar-refractivity contribution in [2.24, 2.45) is 0 Å². The molecule has 5 nitrogen and oxygen atoms in total. The predicted molar refractivity (Wildman–Crippen MR) is 117 cm³/mol. The Labute approximate surface area is 201 Å². The van der Waals surface area contributed by atoms with Crippen LogP contribution in [0.1, 0.15) is 55.3 Å². The maximum absolute atomic E-state index is 15.2. The first kappa shape index (κ1) is 25.0. The fraction of sp³-hybridized carbons (Fsp3) is 0.435. The molecule has 2 aliphatic rings. The molecule has 2 aromatic heterocycles. The minimum Gasteiger partial charge on any atom is -0.329 e. The van der Waals surface area contributed by atoms with Gasteiger partial charge in [0.05, 0.1) is 10.8 Å². The zero-order valence-corrected chi connectivity index (χ0v) is 19.3. The van der Waals surface area contributed by atoms with Crippen LogP contribution in [0.25, 0.3) is 22.3 Å². The summed E-state index contributed by atoms with van der Waals surface area (Å²) in [6, 6.07) is 0.303. The van der Waals surface area contributed by atoms with Crippen LogP contribution in [0.2, 0.25) is 0 Å². The molecule has 1 aromatic carbocycles. The van der Waals surface area contributed by atoms with Crippen molar-refractivity contribution in [3.8, 4) is 11.3 Å². The molecule has 2 heterocycles. The zero-order valence-electron chi connectivity index (χ0n) is 18.5. The molecule has 2 fully saturated rings. The Morgan fingerprint density at radius 3 is 2.31 bits per heavy atom. The quantitative estimate of drug-likeness (QED) is 0.371. The molecule has 5 rings (SSSR count). The summed E-state index contributed by atoms with van der Waals surface area (Å²) in [5, 5.41) is -0.915. The van der Waals surface area contributed by atoms with E-state index in [-0.39, 0.29) is 28.7 Å². The monoisotopic (exact) mass is 535 g/mol. The van der Waals surface area contributed by atoms with Gasteiger partial charge in [-0.25, -0.2) is 35.7 Å². The fourth-order valence-corrected chi connectivity index (χ4v) is 5.94. The number of hydrogen-bond acceptors (Lipinski definition) is 3. The molecule has 2 saturated carbocycles. The van der Waals surface area contributed by atoms with Crippen LogP contribution in [0.3, 0.4) is 0 Å². The van der Waals surface area contributed by atoms with Crippen LogP contribution in [0.15, 0.2) is 30.5 Å². The first-order valence-electron chi connectivity index (χ1n) is 11.2. The molecule has 2 aliphatic carbocycles. The first-order valence-corrected chi connectivity index (χ1v) is 12.8. The highest BCUT2D eigenvalue weighted by Crippen LogP contribution is 2.42. The Morgan fingerprint density at radius 1 is 1.06 bits per heavy atom. The lowest BCUT2D eigenvalue weighted by atomic mass is 9.93. The van der Waals surface area contributed by atoms with E-state index >= 15 is 4.39 Å². The molecular weight excluding hydrogens is 515 g/mol. The highest BCUT2D eigenvalue weighted by molar-refractivity contribution is 7.90. The average molecular weight is 535 g/mol. The standard InChI is InChI=1S/C23H20F7N3O2S/c24-11-4-7-14(17(8-11)23(28,29)30)19-18(25)9-15-16(10-33(22(15)31-19)12-2-1-3-12)20(21(26)27)32-36(34,35)13-5-6-13/h4,7-10,12-13,20-21,32H,1-3,5-6H2/t20-/m0/s1. The van der Waals surface area contributed by atoms with Crippen LogP contribution in [0.5, 0.6) is 0 Å². The second-order valence-corrected chi connectivity index (χ2v) is 11.1. The number of benzene rings is 1. The van der Waals surface area contributed by atoms with Gasteiger partial charge < -0.3 is 4.57 Å². The molecule has 194 valence electrons. The molecule has 0 aliphatic heterocycles. The van der Waals surface area contributed by atoms with Crippen LogP contribution in [-0.4, -0.2) is 29.6 Å². The van der Waals surface area contributed by atoms with E-state index in [0.29, 0.717) is 25.7 Å². The summed E-state index contributed by atoms with van der Waals surface area (Å²) in [6.45, 7) is 0. The van der Waals surface area contributed by atoms with Gasteiger partial charge in [0, 0.05) is 28.8 Å². The van der Waals surface area contributed by atoms with E-state index in [9.17, 15) is 34.8 Å². The number of nitrogens with zero attached hydrogens (tertiary/aromatic N) is 2. The van der Waals surface area contributed by atoms with Crippen LogP contribution in [0.4, 0.5) is 30.7 Å². The Hall–Kier alpha value is -2.67. The van der Waals surface area contributed by atoms with Crippen molar-refractivity contribution >= 4 is 21.1 Å². The van der Waals surface area contributed by atoms with Gasteiger partial charge in [0.25, 0.3) is 6.43 Å². The van der Waals surface area contributed by atoms with Crippen molar-refractivity contribution in [3.63, 3.8) is 0 Å². The summed E-state index contributed by atoms with van der Waals surface area (Å²) < 4.78 is 126. The molecule has 0 saturated heterocycles. The normalized spacial score (nSPS) is 18.1. The smallest absolute Gasteiger partial charge is 0.329 e. The van der Waals surface area contributed by atoms with E-state index in [1.165, 1.54) is 10.8 Å². The Kier molecular flexibility index (Phi) is 6.05. The Morgan fingerprint density at radius 2 is 1.75 bits per heavy atom. The lowest BCUT2D eigenvalue weighted by Crippen LogP contribution is -2.35. The molecule has 36 heavy (non-hydrogen) atoms. The highest BCUT2D eigenvalue weighted by Gasteiger charge is 2.41. The number of halogens is 7. The summed E-state index contributed by atoms with van der Waals surface area (Å²) in [7, 11) is -4.05. The lowest BCUT2D eigenvalue weighted by molar-refractivity contribution is -0.137. The number of alkyl halides is 5. The largest absolute Gasteiger partial charge is 0.417 e. The van der Waals surface area contributed by atoms with Gasteiger partial charge >= 0.3 is 6.18 Å². The van der Waals surface area contributed by atoms with Crippen molar-refractivity contribution in [2.75, 3.05) is 0 Å². The second kappa shape index (κ2) is 8.72. The van der Waals surface area contributed by atoms with Crippen LogP contribution < -0.4 is 4.72 Å². The van der Waals surface area contributed by atoms with Gasteiger partial charge in [0.15, 0.2) is 0 Å². The molecule has 0 amide bonds. The van der Waals surface area contributed by atoms with E-state index < -0.39 is 62.4 Å². The third-order valence-corrected chi connectivity index (χ3v) is 8.57. The predicted octanol–water partition coefficient (Wildman–Crippen LogP) is 6.11. The van der Waals surface area contributed by atoms with Crippen molar-refractivity contribution in [1.29, 1.82) is 0 Å². The number of pyridine rings is 1. The SMILES string of the molecule is O=S(=O)(N[C@@H](c1cn(C2CCC2)c2nc(-c3ccc(F)cc3C(F)(F)F)c(F)cc12)C(F)F)C1CC1. The topological polar surface area (TPSA) is 64.0 Å². The molecular formula is C23H20F7N3O2S. The highest BCUT2D eigenvalue weighted by atomic mass is 32.2. The van der Waals surface area contributed by atoms with E-state index in [1.54, 1.807) is 0 Å². The summed E-state index contributed by atoms with van der Waals surface area (Å²) >= 11 is 0. The molecule has 0 spiro atoms. The van der Waals surface area contributed by atoms with Crippen molar-refractivity contribution in [2.45, 2.75) is 62.0 Å². The van der Waals surface area contributed by atoms with E-state index in [2.05, 4.69) is 4.98 Å². The summed E-state index contributed by atoms with van der Waals surface area (Å²) in [6.07, 6.45) is -4.16. The number of aromatic nitrogens is 2. The second-order valence-electron chi connectivity index (χ2n) is 9.13. The number of fused-ring (bicyclic) bond motifs is 1. The maximum atomic E-state index is 15.2. The van der Waals surface area contributed by atoms with Gasteiger partial charge in [-0.15, -0.1) is 0 Å². The minimum absolute atomic E-state index is 0.0557. The van der Waals surface area contributed by atoms with Crippen molar-refractivity contribution < 1.29 is 39.2 Å². The van der Waals surface area contributed by atoms with Gasteiger partial charge in [-0.3, -0.25) is 0 Å². The van der Waals surface area contributed by atoms with Gasteiger partial charge in [-0.05, 0) is 56.4 Å². The molecule has 3 aromatic rings. The average Bonchev–Trinajstić information content (AvgIpc) is 3.55.